The van der Waals surface area contributed by atoms with Crippen molar-refractivity contribution in [2.24, 2.45) is 0 Å². The van der Waals surface area contributed by atoms with Crippen LogP contribution in [0.5, 0.6) is 0 Å². The molecule has 0 aliphatic heterocycles. The van der Waals surface area contributed by atoms with Gasteiger partial charge in [0, 0.05) is 47.0 Å². The van der Waals surface area contributed by atoms with Crippen LogP contribution in [-0.4, -0.2) is 20.8 Å². The number of nitrogens with zero attached hydrogens (tertiary/aromatic N) is 3. The minimum Gasteiger partial charge on any atom is -0.324 e. The normalized spacial score (nSPS) is 10.4. The van der Waals surface area contributed by atoms with E-state index >= 15 is 0 Å². The van der Waals surface area contributed by atoms with E-state index in [0.717, 1.165) is 0 Å². The van der Waals surface area contributed by atoms with Gasteiger partial charge in [0.25, 0.3) is 11.6 Å². The number of aromatic nitrogens is 2. The molecule has 1 amide bonds. The first-order valence-electron chi connectivity index (χ1n) is 9.49. The first-order valence-corrected chi connectivity index (χ1v) is 9.49. The number of rotatable bonds is 6. The van der Waals surface area contributed by atoms with Crippen molar-refractivity contribution in [1.29, 1.82) is 0 Å². The summed E-state index contributed by atoms with van der Waals surface area (Å²) in [6.45, 7) is 0. The lowest BCUT2D eigenvalue weighted by molar-refractivity contribution is -0.384. The molecule has 8 nitrogen and oxygen atoms in total. The van der Waals surface area contributed by atoms with Crippen molar-refractivity contribution >= 4 is 28.9 Å². The number of non-ortho nitro benzene ring substituents is 1. The molecule has 0 unspecified atom stereocenters. The van der Waals surface area contributed by atoms with Crippen LogP contribution in [0.15, 0.2) is 85.2 Å². The molecule has 0 saturated heterocycles. The van der Waals surface area contributed by atoms with Crippen LogP contribution in [-0.2, 0) is 0 Å². The van der Waals surface area contributed by atoms with Crippen LogP contribution in [0.4, 0.5) is 27.4 Å². The summed E-state index contributed by atoms with van der Waals surface area (Å²) in [6.07, 6.45) is 3.14. The molecular formula is C23H16FN5O3. The summed E-state index contributed by atoms with van der Waals surface area (Å²) in [4.78, 5) is 31.4. The molecule has 0 aliphatic carbocycles. The number of amides is 1. The lowest BCUT2D eigenvalue weighted by Gasteiger charge is -2.09. The summed E-state index contributed by atoms with van der Waals surface area (Å²) >= 11 is 0. The van der Waals surface area contributed by atoms with Gasteiger partial charge in [-0.1, -0.05) is 24.3 Å². The van der Waals surface area contributed by atoms with Gasteiger partial charge in [0.2, 0.25) is 5.95 Å². The summed E-state index contributed by atoms with van der Waals surface area (Å²) < 4.78 is 13.4. The highest BCUT2D eigenvalue weighted by Gasteiger charge is 2.11. The Balaban J connectivity index is 1.46. The van der Waals surface area contributed by atoms with Gasteiger partial charge in [-0.15, -0.1) is 0 Å². The Labute approximate surface area is 181 Å². The predicted octanol–water partition coefficient (Wildman–Crippen LogP) is 5.19. The highest BCUT2D eigenvalue weighted by Crippen LogP contribution is 2.22. The van der Waals surface area contributed by atoms with Crippen molar-refractivity contribution in [2.45, 2.75) is 0 Å². The van der Waals surface area contributed by atoms with Crippen LogP contribution in [0.2, 0.25) is 0 Å². The maximum Gasteiger partial charge on any atom is 0.271 e. The smallest absolute Gasteiger partial charge is 0.271 e. The Hall–Kier alpha value is -4.66. The van der Waals surface area contributed by atoms with E-state index in [9.17, 15) is 19.3 Å². The van der Waals surface area contributed by atoms with Crippen LogP contribution in [0.1, 0.15) is 10.4 Å². The lowest BCUT2D eigenvalue weighted by atomic mass is 10.1. The number of nitro groups is 1. The largest absolute Gasteiger partial charge is 0.324 e. The van der Waals surface area contributed by atoms with Crippen LogP contribution in [0.3, 0.4) is 0 Å². The van der Waals surface area contributed by atoms with Crippen molar-refractivity contribution in [3.8, 4) is 11.1 Å². The number of carbonyl (C=O) groups is 1. The standard InChI is InChI=1S/C23H16FN5O3/c24-18-6-1-4-15(10-18)17-13-25-23(26-14-17)28-19-7-2-5-16(11-19)22(30)27-20-8-3-9-21(12-20)29(31)32/h1-14H,(H,27,30)(H,25,26,28). The van der Waals surface area contributed by atoms with Gasteiger partial charge in [-0.05, 0) is 42.0 Å². The van der Waals surface area contributed by atoms with Gasteiger partial charge in [0.15, 0.2) is 0 Å². The second kappa shape index (κ2) is 9.00. The number of anilines is 3. The zero-order valence-corrected chi connectivity index (χ0v) is 16.5. The van der Waals surface area contributed by atoms with E-state index in [-0.39, 0.29) is 11.5 Å². The lowest BCUT2D eigenvalue weighted by Crippen LogP contribution is -2.12. The predicted molar refractivity (Wildman–Crippen MR) is 118 cm³/mol. The van der Waals surface area contributed by atoms with E-state index in [4.69, 9.17) is 0 Å². The maximum absolute atomic E-state index is 13.4. The zero-order valence-electron chi connectivity index (χ0n) is 16.5. The van der Waals surface area contributed by atoms with Gasteiger partial charge >= 0.3 is 0 Å². The van der Waals surface area contributed by atoms with E-state index in [0.29, 0.717) is 34.0 Å². The number of carbonyl (C=O) groups excluding carboxylic acids is 1. The third kappa shape index (κ3) is 4.90. The molecule has 0 spiro atoms. The van der Waals surface area contributed by atoms with Gasteiger partial charge < -0.3 is 10.6 Å². The number of benzene rings is 3. The van der Waals surface area contributed by atoms with Crippen LogP contribution >= 0.6 is 0 Å². The average Bonchev–Trinajstić information content (AvgIpc) is 2.80. The first kappa shape index (κ1) is 20.6. The topological polar surface area (TPSA) is 110 Å². The molecule has 3 aromatic carbocycles. The fourth-order valence-electron chi connectivity index (χ4n) is 2.98. The third-order valence-electron chi connectivity index (χ3n) is 4.51. The second-order valence-corrected chi connectivity index (χ2v) is 6.77. The molecule has 0 bridgehead atoms. The molecule has 1 aromatic heterocycles. The molecule has 9 heteroatoms. The van der Waals surface area contributed by atoms with Crippen molar-refractivity contribution in [3.63, 3.8) is 0 Å². The molecule has 0 radical (unpaired) electrons. The molecule has 32 heavy (non-hydrogen) atoms. The van der Waals surface area contributed by atoms with Crippen molar-refractivity contribution < 1.29 is 14.1 Å². The molecule has 158 valence electrons. The Morgan fingerprint density at radius 1 is 0.875 bits per heavy atom. The number of hydrogen-bond acceptors (Lipinski definition) is 6. The monoisotopic (exact) mass is 429 g/mol. The highest BCUT2D eigenvalue weighted by molar-refractivity contribution is 6.05. The Kier molecular flexibility index (Phi) is 5.80. The van der Waals surface area contributed by atoms with Gasteiger partial charge in [0.05, 0.1) is 4.92 Å². The molecule has 1 heterocycles. The van der Waals surface area contributed by atoms with Gasteiger partial charge in [-0.2, -0.15) is 0 Å². The average molecular weight is 429 g/mol. The third-order valence-corrected chi connectivity index (χ3v) is 4.51. The quantitative estimate of drug-likeness (QED) is 0.323. The molecule has 0 atom stereocenters. The van der Waals surface area contributed by atoms with E-state index in [1.165, 1.54) is 30.3 Å². The van der Waals surface area contributed by atoms with E-state index in [2.05, 4.69) is 20.6 Å². The van der Waals surface area contributed by atoms with E-state index < -0.39 is 10.8 Å². The Bertz CT molecular complexity index is 1290. The Morgan fingerprint density at radius 3 is 2.34 bits per heavy atom. The highest BCUT2D eigenvalue weighted by atomic mass is 19.1. The molecule has 0 saturated carbocycles. The zero-order chi connectivity index (χ0) is 22.5. The molecule has 4 rings (SSSR count). The van der Waals surface area contributed by atoms with E-state index in [1.54, 1.807) is 54.9 Å². The SMILES string of the molecule is O=C(Nc1cccc([N+](=O)[O-])c1)c1cccc(Nc2ncc(-c3cccc(F)c3)cn2)c1. The van der Waals surface area contributed by atoms with Crippen molar-refractivity contribution in [2.75, 3.05) is 10.6 Å². The fraction of sp³-hybridized carbons (Fsp3) is 0. The van der Waals surface area contributed by atoms with Gasteiger partial charge in [-0.25, -0.2) is 14.4 Å². The molecule has 2 N–H and O–H groups in total. The Morgan fingerprint density at radius 2 is 1.59 bits per heavy atom. The summed E-state index contributed by atoms with van der Waals surface area (Å²) in [5.41, 5.74) is 2.46. The minimum atomic E-state index is -0.528. The van der Waals surface area contributed by atoms with Crippen LogP contribution in [0, 0.1) is 15.9 Å². The second-order valence-electron chi connectivity index (χ2n) is 6.77. The number of nitro benzene ring substituents is 1. The van der Waals surface area contributed by atoms with Crippen LogP contribution < -0.4 is 10.6 Å². The van der Waals surface area contributed by atoms with Crippen molar-refractivity contribution in [3.05, 3.63) is 107 Å². The van der Waals surface area contributed by atoms with Crippen LogP contribution in [0.25, 0.3) is 11.1 Å². The van der Waals surface area contributed by atoms with Crippen molar-refractivity contribution in [1.82, 2.24) is 9.97 Å². The number of nitrogens with one attached hydrogen (secondary N) is 2. The first-order chi connectivity index (χ1) is 15.5. The number of hydrogen-bond donors (Lipinski definition) is 2. The molecule has 0 aliphatic rings. The summed E-state index contributed by atoms with van der Waals surface area (Å²) in [5.74, 6) is -0.456. The van der Waals surface area contributed by atoms with Gasteiger partial charge in [0.1, 0.15) is 5.82 Å². The molecule has 4 aromatic rings. The minimum absolute atomic E-state index is 0.114. The fourth-order valence-corrected chi connectivity index (χ4v) is 2.98. The van der Waals surface area contributed by atoms with E-state index in [1.807, 2.05) is 0 Å². The molecular weight excluding hydrogens is 413 g/mol. The molecule has 0 fully saturated rings. The summed E-state index contributed by atoms with van der Waals surface area (Å²) in [6, 6.07) is 18.5. The van der Waals surface area contributed by atoms with Gasteiger partial charge in [-0.3, -0.25) is 14.9 Å². The summed E-state index contributed by atoms with van der Waals surface area (Å²) in [7, 11) is 0. The number of halogens is 1. The summed E-state index contributed by atoms with van der Waals surface area (Å²) in [5, 5.41) is 16.6. The maximum atomic E-state index is 13.4.